The van der Waals surface area contributed by atoms with Gasteiger partial charge in [0.15, 0.2) is 5.82 Å². The summed E-state index contributed by atoms with van der Waals surface area (Å²) >= 11 is 6.97. The van der Waals surface area contributed by atoms with Crippen molar-refractivity contribution in [3.05, 3.63) is 71.1 Å². The molecule has 0 aliphatic carbocycles. The lowest BCUT2D eigenvalue weighted by atomic mass is 10.1. The summed E-state index contributed by atoms with van der Waals surface area (Å²) in [5, 5.41) is 29.0. The third-order valence-electron chi connectivity index (χ3n) is 7.16. The van der Waals surface area contributed by atoms with Gasteiger partial charge in [0.1, 0.15) is 11.5 Å². The van der Waals surface area contributed by atoms with Gasteiger partial charge in [0, 0.05) is 36.8 Å². The van der Waals surface area contributed by atoms with E-state index in [0.29, 0.717) is 23.8 Å². The van der Waals surface area contributed by atoms with Gasteiger partial charge in [-0.05, 0) is 61.6 Å². The zero-order chi connectivity index (χ0) is 25.0. The highest BCUT2D eigenvalue weighted by Gasteiger charge is 2.32. The van der Waals surface area contributed by atoms with Crippen LogP contribution in [0.2, 0.25) is 5.15 Å². The largest absolute Gasteiger partial charge is 0.391 e. The van der Waals surface area contributed by atoms with Crippen molar-refractivity contribution < 1.29 is 5.11 Å². The Morgan fingerprint density at radius 2 is 1.94 bits per heavy atom. The molecule has 1 fully saturated rings. The second-order valence-electron chi connectivity index (χ2n) is 9.84. The van der Waals surface area contributed by atoms with Crippen LogP contribution in [-0.2, 0) is 6.54 Å². The molecule has 0 amide bonds. The van der Waals surface area contributed by atoms with Crippen molar-refractivity contribution in [3.63, 3.8) is 0 Å². The molecule has 0 saturated carbocycles. The Bertz CT molecular complexity index is 1480. The Labute approximate surface area is 214 Å². The van der Waals surface area contributed by atoms with Crippen molar-refractivity contribution in [2.24, 2.45) is 5.92 Å². The Morgan fingerprint density at radius 3 is 2.69 bits per heavy atom. The number of nitrogens with zero attached hydrogens (tertiary/aromatic N) is 7. The highest BCUT2D eigenvalue weighted by Crippen LogP contribution is 2.40. The van der Waals surface area contributed by atoms with Gasteiger partial charge in [-0.3, -0.25) is 4.57 Å². The van der Waals surface area contributed by atoms with Crippen LogP contribution < -0.4 is 4.90 Å². The number of anilines is 1. The van der Waals surface area contributed by atoms with Crippen molar-refractivity contribution in [2.75, 3.05) is 38.6 Å². The summed E-state index contributed by atoms with van der Waals surface area (Å²) in [5.74, 6) is 0.940. The maximum absolute atomic E-state index is 10.6. The minimum Gasteiger partial charge on any atom is -0.391 e. The highest BCUT2D eigenvalue weighted by atomic mass is 35.5. The third kappa shape index (κ3) is 3.77. The number of aliphatic hydroxyl groups excluding tert-OH is 1. The van der Waals surface area contributed by atoms with E-state index in [9.17, 15) is 5.11 Å². The number of aliphatic hydroxyl groups is 1. The lowest BCUT2D eigenvalue weighted by Gasteiger charge is -2.21. The second kappa shape index (κ2) is 8.79. The van der Waals surface area contributed by atoms with Gasteiger partial charge in [-0.15, -0.1) is 10.2 Å². The molecule has 9 heteroatoms. The first-order chi connectivity index (χ1) is 17.4. The van der Waals surface area contributed by atoms with Crippen LogP contribution in [0.25, 0.3) is 28.3 Å². The van der Waals surface area contributed by atoms with Gasteiger partial charge in [-0.25, -0.2) is 0 Å². The van der Waals surface area contributed by atoms with Crippen LogP contribution in [0.4, 0.5) is 5.69 Å². The van der Waals surface area contributed by atoms with Crippen LogP contribution in [0.15, 0.2) is 54.9 Å². The Morgan fingerprint density at radius 1 is 1.14 bits per heavy atom. The van der Waals surface area contributed by atoms with Gasteiger partial charge in [-0.2, -0.15) is 5.26 Å². The van der Waals surface area contributed by atoms with Crippen molar-refractivity contribution in [3.8, 4) is 34.4 Å². The van der Waals surface area contributed by atoms with Gasteiger partial charge in [0.2, 0.25) is 0 Å². The van der Waals surface area contributed by atoms with E-state index in [4.69, 9.17) is 16.9 Å². The number of hydrogen-bond acceptors (Lipinski definition) is 6. The summed E-state index contributed by atoms with van der Waals surface area (Å²) in [7, 11) is 4.08. The summed E-state index contributed by atoms with van der Waals surface area (Å²) < 4.78 is 4.07. The van der Waals surface area contributed by atoms with Gasteiger partial charge in [-0.1, -0.05) is 23.7 Å². The average Bonchev–Trinajstić information content (AvgIpc) is 3.55. The standard InChI is InChI=1S/C27H26ClN7O/c1-32(2)12-20-13-33(15-25(20)36)21-7-8-23-19(9-21)14-34-24(27-31-30-16-35(23)27)10-22(26(34)28)18-5-3-17(11-29)4-6-18/h3-10,16,20,25,36H,12-15H2,1-2H3/t20-,25+/m0/s1. The summed E-state index contributed by atoms with van der Waals surface area (Å²) in [6.45, 7) is 2.86. The molecule has 0 radical (unpaired) electrons. The summed E-state index contributed by atoms with van der Waals surface area (Å²) in [5.41, 5.74) is 6.53. The molecule has 1 saturated heterocycles. The molecule has 2 aromatic heterocycles. The smallest absolute Gasteiger partial charge is 0.185 e. The lowest BCUT2D eigenvalue weighted by Crippen LogP contribution is -2.29. The molecule has 2 atom stereocenters. The van der Waals surface area contributed by atoms with Crippen LogP contribution in [0, 0.1) is 17.2 Å². The Balaban J connectivity index is 1.40. The maximum Gasteiger partial charge on any atom is 0.185 e. The first kappa shape index (κ1) is 22.8. The fourth-order valence-electron chi connectivity index (χ4n) is 5.39. The summed E-state index contributed by atoms with van der Waals surface area (Å²) in [4.78, 5) is 4.39. The highest BCUT2D eigenvalue weighted by molar-refractivity contribution is 6.32. The number of nitriles is 1. The molecule has 182 valence electrons. The molecular weight excluding hydrogens is 474 g/mol. The number of aromatic nitrogens is 4. The minimum atomic E-state index is -0.351. The number of rotatable bonds is 4. The maximum atomic E-state index is 10.6. The van der Waals surface area contributed by atoms with Crippen LogP contribution >= 0.6 is 11.6 Å². The molecule has 8 nitrogen and oxygen atoms in total. The van der Waals surface area contributed by atoms with Gasteiger partial charge >= 0.3 is 0 Å². The molecule has 4 heterocycles. The van der Waals surface area contributed by atoms with E-state index >= 15 is 0 Å². The van der Waals surface area contributed by atoms with E-state index in [0.717, 1.165) is 52.7 Å². The van der Waals surface area contributed by atoms with E-state index in [1.54, 1.807) is 18.5 Å². The molecule has 1 N–H and O–H groups in total. The number of β-amino-alcohol motifs (C(OH)–C–C–N with tert-alkyl or cyclic N) is 1. The third-order valence-corrected chi connectivity index (χ3v) is 7.56. The molecule has 6 rings (SSSR count). The van der Waals surface area contributed by atoms with Gasteiger partial charge in [0.05, 0.1) is 35.7 Å². The van der Waals surface area contributed by atoms with Crippen LogP contribution in [0.5, 0.6) is 0 Å². The molecule has 0 spiro atoms. The first-order valence-electron chi connectivity index (χ1n) is 11.9. The van der Waals surface area contributed by atoms with E-state index < -0.39 is 0 Å². The zero-order valence-corrected chi connectivity index (χ0v) is 20.9. The second-order valence-corrected chi connectivity index (χ2v) is 10.2. The van der Waals surface area contributed by atoms with E-state index in [1.165, 1.54) is 0 Å². The molecule has 4 aromatic rings. The quantitative estimate of drug-likeness (QED) is 0.406. The molecule has 0 bridgehead atoms. The van der Waals surface area contributed by atoms with Crippen molar-refractivity contribution >= 4 is 17.3 Å². The number of benzene rings is 2. The summed E-state index contributed by atoms with van der Waals surface area (Å²) in [6.07, 6.45) is 1.38. The van der Waals surface area contributed by atoms with E-state index in [1.807, 2.05) is 36.9 Å². The van der Waals surface area contributed by atoms with Crippen molar-refractivity contribution in [1.29, 1.82) is 5.26 Å². The predicted molar refractivity (Wildman–Crippen MR) is 139 cm³/mol. The van der Waals surface area contributed by atoms with E-state index in [-0.39, 0.29) is 12.0 Å². The lowest BCUT2D eigenvalue weighted by molar-refractivity contribution is 0.130. The van der Waals surface area contributed by atoms with Crippen LogP contribution in [0.3, 0.4) is 0 Å². The Hall–Kier alpha value is -3.64. The van der Waals surface area contributed by atoms with Gasteiger partial charge < -0.3 is 19.5 Å². The average molecular weight is 500 g/mol. The first-order valence-corrected chi connectivity index (χ1v) is 12.3. The van der Waals surface area contributed by atoms with Crippen molar-refractivity contribution in [1.82, 2.24) is 24.2 Å². The summed E-state index contributed by atoms with van der Waals surface area (Å²) in [6, 6.07) is 18.0. The molecule has 0 unspecified atom stereocenters. The normalized spacial score (nSPS) is 18.5. The van der Waals surface area contributed by atoms with E-state index in [2.05, 4.69) is 48.8 Å². The predicted octanol–water partition coefficient (Wildman–Crippen LogP) is 3.65. The fourth-order valence-corrected chi connectivity index (χ4v) is 5.71. The van der Waals surface area contributed by atoms with Crippen molar-refractivity contribution in [2.45, 2.75) is 12.6 Å². The number of hydrogen-bond donors (Lipinski definition) is 1. The molecule has 2 aromatic carbocycles. The number of halogens is 1. The molecule has 36 heavy (non-hydrogen) atoms. The molecule has 2 aliphatic heterocycles. The Kier molecular flexibility index (Phi) is 5.56. The van der Waals surface area contributed by atoms with Crippen LogP contribution in [0.1, 0.15) is 11.1 Å². The SMILES string of the molecule is CN(C)C[C@H]1CN(c2ccc3c(c2)Cn2c(cc(-c4ccc(C#N)cc4)c2Cl)-c2nncn2-3)C[C@H]1O. The topological polar surface area (TPSA) is 86.1 Å². The van der Waals surface area contributed by atoms with Crippen LogP contribution in [-0.4, -0.2) is 69.2 Å². The minimum absolute atomic E-state index is 0.212. The monoisotopic (exact) mass is 499 g/mol. The molecular formula is C27H26ClN7O. The number of fused-ring (bicyclic) bond motifs is 5. The fraction of sp³-hybridized carbons (Fsp3) is 0.296. The molecule has 2 aliphatic rings. The van der Waals surface area contributed by atoms with Gasteiger partial charge in [0.25, 0.3) is 0 Å². The zero-order valence-electron chi connectivity index (χ0n) is 20.1.